The number of nitrogens with one attached hydrogen (secondary N) is 1. The molecule has 0 aliphatic heterocycles. The molecule has 128 valence electrons. The van der Waals surface area contributed by atoms with E-state index in [1.807, 2.05) is 6.92 Å². The van der Waals surface area contributed by atoms with E-state index >= 15 is 0 Å². The summed E-state index contributed by atoms with van der Waals surface area (Å²) in [5.74, 6) is -0.372. The molecule has 1 aromatic carbocycles. The van der Waals surface area contributed by atoms with Gasteiger partial charge in [0.05, 0.1) is 10.9 Å². The molecule has 0 spiro atoms. The largest absolute Gasteiger partial charge is 0.352 e. The molecular formula is C16H20FN5OS. The summed E-state index contributed by atoms with van der Waals surface area (Å²) in [6.45, 7) is 1.83. The molecule has 1 atom stereocenters. The number of rotatable bonds is 5. The van der Waals surface area contributed by atoms with Gasteiger partial charge in [-0.1, -0.05) is 37.1 Å². The first-order valence-electron chi connectivity index (χ1n) is 8.15. The minimum Gasteiger partial charge on any atom is -0.352 e. The summed E-state index contributed by atoms with van der Waals surface area (Å²) in [6.07, 6.45) is 5.68. The van der Waals surface area contributed by atoms with Crippen molar-refractivity contribution in [2.24, 2.45) is 0 Å². The van der Waals surface area contributed by atoms with Crippen LogP contribution in [0.2, 0.25) is 0 Å². The summed E-state index contributed by atoms with van der Waals surface area (Å²) < 4.78 is 14.8. The predicted molar refractivity (Wildman–Crippen MR) is 89.4 cm³/mol. The molecule has 1 N–H and O–H groups in total. The Hall–Kier alpha value is -1.96. The van der Waals surface area contributed by atoms with Gasteiger partial charge in [-0.25, -0.2) is 4.39 Å². The average Bonchev–Trinajstić information content (AvgIpc) is 3.04. The molecule has 1 amide bonds. The highest BCUT2D eigenvalue weighted by molar-refractivity contribution is 8.00. The summed E-state index contributed by atoms with van der Waals surface area (Å²) in [7, 11) is 0. The van der Waals surface area contributed by atoms with Gasteiger partial charge in [0.25, 0.3) is 0 Å². The van der Waals surface area contributed by atoms with Crippen LogP contribution in [0.1, 0.15) is 39.0 Å². The van der Waals surface area contributed by atoms with Gasteiger partial charge in [-0.3, -0.25) is 4.79 Å². The van der Waals surface area contributed by atoms with Crippen LogP contribution in [0.25, 0.3) is 5.69 Å². The van der Waals surface area contributed by atoms with E-state index in [0.29, 0.717) is 10.8 Å². The van der Waals surface area contributed by atoms with Gasteiger partial charge < -0.3 is 5.32 Å². The third kappa shape index (κ3) is 4.11. The lowest BCUT2D eigenvalue weighted by Crippen LogP contribution is -2.40. The highest BCUT2D eigenvalue weighted by Crippen LogP contribution is 2.24. The maximum absolute atomic E-state index is 13.4. The van der Waals surface area contributed by atoms with Gasteiger partial charge in [-0.2, -0.15) is 4.68 Å². The predicted octanol–water partition coefficient (Wildman–Crippen LogP) is 2.73. The minimum absolute atomic E-state index is 0.0132. The van der Waals surface area contributed by atoms with Crippen molar-refractivity contribution in [3.8, 4) is 5.69 Å². The quantitative estimate of drug-likeness (QED) is 0.840. The normalized spacial score (nSPS) is 16.8. The van der Waals surface area contributed by atoms with Crippen molar-refractivity contribution >= 4 is 17.7 Å². The second-order valence-electron chi connectivity index (χ2n) is 5.96. The van der Waals surface area contributed by atoms with Crippen LogP contribution in [0, 0.1) is 5.82 Å². The Balaban J connectivity index is 1.65. The van der Waals surface area contributed by atoms with Crippen molar-refractivity contribution in [2.75, 3.05) is 0 Å². The van der Waals surface area contributed by atoms with Crippen LogP contribution in [0.3, 0.4) is 0 Å². The van der Waals surface area contributed by atoms with Gasteiger partial charge >= 0.3 is 0 Å². The van der Waals surface area contributed by atoms with Crippen molar-refractivity contribution < 1.29 is 9.18 Å². The number of hydrogen-bond acceptors (Lipinski definition) is 5. The van der Waals surface area contributed by atoms with Gasteiger partial charge in [0.1, 0.15) is 5.82 Å². The zero-order valence-electron chi connectivity index (χ0n) is 13.5. The van der Waals surface area contributed by atoms with Crippen LogP contribution < -0.4 is 5.32 Å². The molecule has 8 heteroatoms. The molecule has 6 nitrogen and oxygen atoms in total. The number of thioether (sulfide) groups is 1. The van der Waals surface area contributed by atoms with Gasteiger partial charge in [0.15, 0.2) is 0 Å². The minimum atomic E-state index is -0.359. The molecule has 1 heterocycles. The number of amides is 1. The number of nitrogens with zero attached hydrogens (tertiary/aromatic N) is 4. The zero-order chi connectivity index (χ0) is 16.9. The Morgan fingerprint density at radius 3 is 2.92 bits per heavy atom. The Bertz CT molecular complexity index is 701. The Morgan fingerprint density at radius 1 is 1.38 bits per heavy atom. The molecule has 1 saturated carbocycles. The van der Waals surface area contributed by atoms with Crippen LogP contribution in [0.4, 0.5) is 4.39 Å². The molecule has 24 heavy (non-hydrogen) atoms. The van der Waals surface area contributed by atoms with E-state index in [1.54, 1.807) is 12.1 Å². The van der Waals surface area contributed by atoms with E-state index in [1.165, 1.54) is 47.8 Å². The third-order valence-electron chi connectivity index (χ3n) is 4.10. The number of carbonyl (C=O) groups is 1. The zero-order valence-corrected chi connectivity index (χ0v) is 14.3. The fraction of sp³-hybridized carbons (Fsp3) is 0.500. The lowest BCUT2D eigenvalue weighted by Gasteiger charge is -2.24. The summed E-state index contributed by atoms with van der Waals surface area (Å²) in [5, 5.41) is 14.7. The lowest BCUT2D eigenvalue weighted by molar-refractivity contribution is -0.121. The second kappa shape index (κ2) is 7.74. The number of benzene rings is 1. The Morgan fingerprint density at radius 2 is 2.17 bits per heavy atom. The van der Waals surface area contributed by atoms with Crippen molar-refractivity contribution in [3.63, 3.8) is 0 Å². The van der Waals surface area contributed by atoms with Crippen molar-refractivity contribution in [2.45, 2.75) is 55.5 Å². The number of carbonyl (C=O) groups excluding carboxylic acids is 1. The van der Waals surface area contributed by atoms with E-state index in [0.717, 1.165) is 12.8 Å². The van der Waals surface area contributed by atoms with Gasteiger partial charge in [-0.05, 0) is 48.4 Å². The third-order valence-corrected chi connectivity index (χ3v) is 5.13. The number of hydrogen-bond donors (Lipinski definition) is 1. The van der Waals surface area contributed by atoms with Crippen LogP contribution in [-0.4, -0.2) is 37.4 Å². The molecule has 0 radical (unpaired) electrons. The number of aromatic nitrogens is 4. The smallest absolute Gasteiger partial charge is 0.233 e. The van der Waals surface area contributed by atoms with Gasteiger partial charge in [0.2, 0.25) is 11.1 Å². The van der Waals surface area contributed by atoms with E-state index in [-0.39, 0.29) is 23.0 Å². The molecule has 3 rings (SSSR count). The molecule has 1 aromatic heterocycles. The number of tetrazole rings is 1. The van der Waals surface area contributed by atoms with Crippen molar-refractivity contribution in [1.82, 2.24) is 25.5 Å². The summed E-state index contributed by atoms with van der Waals surface area (Å²) >= 11 is 1.27. The fourth-order valence-corrected chi connectivity index (χ4v) is 3.62. The molecule has 0 unspecified atom stereocenters. The highest BCUT2D eigenvalue weighted by Gasteiger charge is 2.22. The van der Waals surface area contributed by atoms with Gasteiger partial charge in [-0.15, -0.1) is 5.10 Å². The molecule has 0 saturated heterocycles. The molecule has 0 bridgehead atoms. The van der Waals surface area contributed by atoms with E-state index < -0.39 is 0 Å². The van der Waals surface area contributed by atoms with Crippen LogP contribution in [-0.2, 0) is 4.79 Å². The van der Waals surface area contributed by atoms with E-state index in [9.17, 15) is 9.18 Å². The molecule has 1 aliphatic carbocycles. The van der Waals surface area contributed by atoms with E-state index in [2.05, 4.69) is 20.8 Å². The van der Waals surface area contributed by atoms with E-state index in [4.69, 9.17) is 0 Å². The lowest BCUT2D eigenvalue weighted by atomic mass is 9.95. The molecule has 2 aromatic rings. The van der Waals surface area contributed by atoms with Gasteiger partial charge in [0, 0.05) is 6.04 Å². The maximum Gasteiger partial charge on any atom is 0.233 e. The summed E-state index contributed by atoms with van der Waals surface area (Å²) in [5.41, 5.74) is 0.530. The summed E-state index contributed by atoms with van der Waals surface area (Å²) in [6, 6.07) is 6.30. The second-order valence-corrected chi connectivity index (χ2v) is 7.26. The first-order valence-corrected chi connectivity index (χ1v) is 9.03. The Kier molecular flexibility index (Phi) is 5.44. The fourth-order valence-electron chi connectivity index (χ4n) is 2.80. The first kappa shape index (κ1) is 16.9. The first-order chi connectivity index (χ1) is 11.6. The topological polar surface area (TPSA) is 72.7 Å². The molecule has 1 aliphatic rings. The maximum atomic E-state index is 13.4. The van der Waals surface area contributed by atoms with Crippen molar-refractivity contribution in [1.29, 1.82) is 0 Å². The highest BCUT2D eigenvalue weighted by atomic mass is 32.2. The van der Waals surface area contributed by atoms with Crippen molar-refractivity contribution in [3.05, 3.63) is 30.1 Å². The summed E-state index contributed by atoms with van der Waals surface area (Å²) in [4.78, 5) is 12.4. The average molecular weight is 349 g/mol. The monoisotopic (exact) mass is 349 g/mol. The number of halogens is 1. The standard InChI is InChI=1S/C16H20FN5OS/c1-11(15(23)18-13-7-3-2-4-8-13)24-16-19-20-21-22(16)14-9-5-6-12(17)10-14/h5-6,9-11,13H,2-4,7-8H2,1H3,(H,18,23)/t11-/m1/s1. The molecule has 1 fully saturated rings. The molecular weight excluding hydrogens is 329 g/mol. The Labute approximate surface area is 144 Å². The van der Waals surface area contributed by atoms with Crippen LogP contribution >= 0.6 is 11.8 Å². The van der Waals surface area contributed by atoms with Crippen LogP contribution in [0.15, 0.2) is 29.4 Å². The SMILES string of the molecule is C[C@@H](Sc1nnnn1-c1cccc(F)c1)C(=O)NC1CCCCC1. The van der Waals surface area contributed by atoms with Crippen LogP contribution in [0.5, 0.6) is 0 Å².